The Morgan fingerprint density at radius 2 is 1.94 bits per heavy atom. The van der Waals surface area contributed by atoms with E-state index in [-0.39, 0.29) is 16.2 Å². The number of Topliss-reactive ketones (excluding diaryl/α,β-unsaturated/α-hetero) is 1. The van der Waals surface area contributed by atoms with Gasteiger partial charge in [0, 0.05) is 10.8 Å². The molecule has 90 valence electrons. The maximum Gasteiger partial charge on any atom is 0.149 e. The predicted octanol–water partition coefficient (Wildman–Crippen LogP) is 4.15. The number of rotatable bonds is 3. The van der Waals surface area contributed by atoms with Crippen molar-refractivity contribution in [3.63, 3.8) is 0 Å². The summed E-state index contributed by atoms with van der Waals surface area (Å²) in [6, 6.07) is 0. The van der Waals surface area contributed by atoms with Crippen molar-refractivity contribution in [2.24, 2.45) is 16.2 Å². The number of hydrogen-bond donors (Lipinski definition) is 0. The predicted molar refractivity (Wildman–Crippen MR) is 75.8 cm³/mol. The van der Waals surface area contributed by atoms with Crippen molar-refractivity contribution in [2.45, 2.75) is 46.5 Å². The van der Waals surface area contributed by atoms with Crippen LogP contribution >= 0.6 is 22.6 Å². The molecule has 0 N–H and O–H groups in total. The number of carbonyl (C=O) groups is 1. The standard InChI is InChI=1S/C14H21IO/c1-12-6-8-13(2,9-7-12)14(3,11(12)16)5-4-10-15/h6,8H,4-5,7,9-10H2,1-3H3/t12-,13+,14-/m0/s1. The molecule has 0 spiro atoms. The first-order chi connectivity index (χ1) is 7.38. The van der Waals surface area contributed by atoms with Crippen LogP contribution in [0.15, 0.2) is 12.2 Å². The molecular formula is C14H21IO. The smallest absolute Gasteiger partial charge is 0.149 e. The highest BCUT2D eigenvalue weighted by Crippen LogP contribution is 2.60. The second kappa shape index (κ2) is 3.82. The Kier molecular flexibility index (Phi) is 3.01. The third-order valence-corrected chi connectivity index (χ3v) is 5.84. The van der Waals surface area contributed by atoms with Gasteiger partial charge in [0.25, 0.3) is 0 Å². The van der Waals surface area contributed by atoms with Gasteiger partial charge in [-0.3, -0.25) is 4.79 Å². The third kappa shape index (κ3) is 1.52. The minimum Gasteiger partial charge on any atom is -0.298 e. The summed E-state index contributed by atoms with van der Waals surface area (Å²) in [4.78, 5) is 12.7. The van der Waals surface area contributed by atoms with Crippen molar-refractivity contribution >= 4 is 28.4 Å². The van der Waals surface area contributed by atoms with E-state index in [1.165, 1.54) is 6.42 Å². The van der Waals surface area contributed by atoms with Crippen molar-refractivity contribution in [1.29, 1.82) is 0 Å². The third-order valence-electron chi connectivity index (χ3n) is 5.07. The van der Waals surface area contributed by atoms with Crippen LogP contribution in [0.4, 0.5) is 0 Å². The Morgan fingerprint density at radius 3 is 2.44 bits per heavy atom. The van der Waals surface area contributed by atoms with E-state index in [1.807, 2.05) is 0 Å². The highest BCUT2D eigenvalue weighted by atomic mass is 127. The van der Waals surface area contributed by atoms with Crippen LogP contribution in [0.3, 0.4) is 0 Å². The summed E-state index contributed by atoms with van der Waals surface area (Å²) in [5.41, 5.74) is -0.189. The van der Waals surface area contributed by atoms with Crippen LogP contribution in [0.2, 0.25) is 0 Å². The normalized spacial score (nSPS) is 46.4. The first-order valence-corrected chi connectivity index (χ1v) is 7.72. The van der Waals surface area contributed by atoms with Gasteiger partial charge in [0.2, 0.25) is 0 Å². The maximum absolute atomic E-state index is 12.7. The molecule has 1 nitrogen and oxygen atoms in total. The van der Waals surface area contributed by atoms with Crippen molar-refractivity contribution < 1.29 is 4.79 Å². The molecule has 3 aliphatic carbocycles. The van der Waals surface area contributed by atoms with Crippen LogP contribution in [0.25, 0.3) is 0 Å². The van der Waals surface area contributed by atoms with Crippen molar-refractivity contribution in [1.82, 2.24) is 0 Å². The molecule has 0 heterocycles. The zero-order valence-electron chi connectivity index (χ0n) is 10.5. The molecule has 2 heteroatoms. The number of allylic oxidation sites excluding steroid dienone is 2. The first kappa shape index (κ1) is 12.6. The van der Waals surface area contributed by atoms with Gasteiger partial charge in [0.15, 0.2) is 0 Å². The Balaban J connectivity index is 2.39. The number of halogens is 1. The maximum atomic E-state index is 12.7. The summed E-state index contributed by atoms with van der Waals surface area (Å²) in [7, 11) is 0. The molecule has 0 aliphatic heterocycles. The van der Waals surface area contributed by atoms with Crippen LogP contribution in [0, 0.1) is 16.2 Å². The van der Waals surface area contributed by atoms with E-state index in [2.05, 4.69) is 55.5 Å². The van der Waals surface area contributed by atoms with Gasteiger partial charge in [-0.15, -0.1) is 0 Å². The van der Waals surface area contributed by atoms with E-state index in [1.54, 1.807) is 0 Å². The average Bonchev–Trinajstić information content (AvgIpc) is 2.27. The summed E-state index contributed by atoms with van der Waals surface area (Å²) in [5, 5.41) is 0. The number of carbonyl (C=O) groups excluding carboxylic acids is 1. The van der Waals surface area contributed by atoms with Gasteiger partial charge in [-0.05, 0) is 42.4 Å². The summed E-state index contributed by atoms with van der Waals surface area (Å²) >= 11 is 2.41. The number of ketones is 1. The summed E-state index contributed by atoms with van der Waals surface area (Å²) in [6.45, 7) is 6.59. The summed E-state index contributed by atoms with van der Waals surface area (Å²) < 4.78 is 1.15. The minimum absolute atomic E-state index is 0.105. The molecule has 0 amide bonds. The molecule has 1 fully saturated rings. The molecule has 0 saturated heterocycles. The topological polar surface area (TPSA) is 17.1 Å². The second-order valence-electron chi connectivity index (χ2n) is 6.12. The average molecular weight is 332 g/mol. The lowest BCUT2D eigenvalue weighted by molar-refractivity contribution is -0.150. The van der Waals surface area contributed by atoms with E-state index in [0.717, 1.165) is 23.7 Å². The molecular weight excluding hydrogens is 311 g/mol. The largest absolute Gasteiger partial charge is 0.298 e. The SMILES string of the molecule is C[C@]12C=C[C@](C)(CC1)[C@@](C)(CCCI)C2=O. The molecule has 0 aromatic carbocycles. The molecule has 0 radical (unpaired) electrons. The highest BCUT2D eigenvalue weighted by molar-refractivity contribution is 14.1. The summed E-state index contributed by atoms with van der Waals surface area (Å²) in [5.74, 6) is 0.487. The first-order valence-electron chi connectivity index (χ1n) is 6.19. The van der Waals surface area contributed by atoms with Gasteiger partial charge in [-0.1, -0.05) is 48.6 Å². The number of hydrogen-bond acceptors (Lipinski definition) is 1. The monoisotopic (exact) mass is 332 g/mol. The Labute approximate surface area is 112 Å². The van der Waals surface area contributed by atoms with Crippen LogP contribution < -0.4 is 0 Å². The number of fused-ring (bicyclic) bond motifs is 2. The van der Waals surface area contributed by atoms with Gasteiger partial charge in [-0.25, -0.2) is 0 Å². The zero-order chi connectivity index (χ0) is 12.0. The Morgan fingerprint density at radius 1 is 1.25 bits per heavy atom. The van der Waals surface area contributed by atoms with E-state index in [9.17, 15) is 4.79 Å². The quantitative estimate of drug-likeness (QED) is 0.431. The lowest BCUT2D eigenvalue weighted by atomic mass is 9.46. The molecule has 0 aromatic heterocycles. The Hall–Kier alpha value is 0.140. The van der Waals surface area contributed by atoms with Crippen LogP contribution in [0.5, 0.6) is 0 Å². The molecule has 16 heavy (non-hydrogen) atoms. The van der Waals surface area contributed by atoms with Gasteiger partial charge in [0.1, 0.15) is 5.78 Å². The van der Waals surface area contributed by atoms with Gasteiger partial charge in [0.05, 0.1) is 0 Å². The second-order valence-corrected chi connectivity index (χ2v) is 7.20. The fourth-order valence-electron chi connectivity index (χ4n) is 3.41. The van der Waals surface area contributed by atoms with Crippen molar-refractivity contribution in [3.8, 4) is 0 Å². The van der Waals surface area contributed by atoms with Crippen LogP contribution in [-0.4, -0.2) is 10.2 Å². The molecule has 0 aromatic rings. The lowest BCUT2D eigenvalue weighted by Gasteiger charge is -2.56. The Bertz CT molecular complexity index is 349. The fraction of sp³-hybridized carbons (Fsp3) is 0.786. The van der Waals surface area contributed by atoms with E-state index in [4.69, 9.17) is 0 Å². The zero-order valence-corrected chi connectivity index (χ0v) is 12.6. The van der Waals surface area contributed by atoms with Gasteiger partial charge >= 0.3 is 0 Å². The van der Waals surface area contributed by atoms with Crippen LogP contribution in [-0.2, 0) is 4.79 Å². The minimum atomic E-state index is -0.169. The number of alkyl halides is 1. The highest BCUT2D eigenvalue weighted by Gasteiger charge is 2.59. The molecule has 0 unspecified atom stereocenters. The molecule has 1 saturated carbocycles. The molecule has 3 atom stereocenters. The molecule has 3 aliphatic rings. The van der Waals surface area contributed by atoms with Crippen molar-refractivity contribution in [2.75, 3.05) is 4.43 Å². The van der Waals surface area contributed by atoms with Crippen molar-refractivity contribution in [3.05, 3.63) is 12.2 Å². The molecule has 2 bridgehead atoms. The van der Waals surface area contributed by atoms with E-state index >= 15 is 0 Å². The van der Waals surface area contributed by atoms with Crippen LogP contribution in [0.1, 0.15) is 46.5 Å². The summed E-state index contributed by atoms with van der Waals surface area (Å²) in [6.07, 6.45) is 8.91. The van der Waals surface area contributed by atoms with Gasteiger partial charge < -0.3 is 0 Å². The van der Waals surface area contributed by atoms with E-state index in [0.29, 0.717) is 5.78 Å². The van der Waals surface area contributed by atoms with Gasteiger partial charge in [-0.2, -0.15) is 0 Å². The molecule has 3 rings (SSSR count). The lowest BCUT2D eigenvalue weighted by Crippen LogP contribution is -2.56. The van der Waals surface area contributed by atoms with E-state index < -0.39 is 0 Å². The fourth-order valence-corrected chi connectivity index (χ4v) is 3.79.